The van der Waals surface area contributed by atoms with Gasteiger partial charge in [0.05, 0.1) is 0 Å². The summed E-state index contributed by atoms with van der Waals surface area (Å²) in [6, 6.07) is 10.3. The highest BCUT2D eigenvalue weighted by molar-refractivity contribution is 5.41. The molecule has 3 heteroatoms. The molecule has 0 unspecified atom stereocenters. The van der Waals surface area contributed by atoms with Crippen molar-refractivity contribution in [3.63, 3.8) is 0 Å². The van der Waals surface area contributed by atoms with Crippen molar-refractivity contribution in [1.82, 2.24) is 9.55 Å². The Hall–Kier alpha value is -1.77. The first-order valence-corrected chi connectivity index (χ1v) is 7.74. The number of imidazole rings is 1. The summed E-state index contributed by atoms with van der Waals surface area (Å²) in [6.45, 7) is 3.25. The number of hydrogen-bond acceptors (Lipinski definition) is 2. The second-order valence-electron chi connectivity index (χ2n) is 5.15. The molecule has 108 valence electrons. The van der Waals surface area contributed by atoms with Crippen LogP contribution in [0.15, 0.2) is 42.7 Å². The number of unbranched alkanes of at least 4 members (excludes halogenated alkanes) is 5. The second kappa shape index (κ2) is 8.41. The number of nitrogens with one attached hydrogen (secondary N) is 1. The Morgan fingerprint density at radius 3 is 2.55 bits per heavy atom. The standard InChI is InChI=1S/C17H25N3/c1-2-3-4-5-6-10-13-18-17-19-14-15-20(17)16-11-8-7-9-12-16/h7-9,11-12,14-15H,2-6,10,13H2,1H3,(H,18,19). The van der Waals surface area contributed by atoms with Gasteiger partial charge in [0, 0.05) is 24.6 Å². The fraction of sp³-hybridized carbons (Fsp3) is 0.471. The third-order valence-corrected chi connectivity index (χ3v) is 3.49. The molecule has 1 aromatic carbocycles. The number of benzene rings is 1. The minimum Gasteiger partial charge on any atom is -0.355 e. The van der Waals surface area contributed by atoms with E-state index in [0.717, 1.165) is 18.2 Å². The minimum atomic E-state index is 0.935. The molecule has 0 aliphatic carbocycles. The van der Waals surface area contributed by atoms with E-state index < -0.39 is 0 Å². The van der Waals surface area contributed by atoms with Crippen molar-refractivity contribution in [2.75, 3.05) is 11.9 Å². The summed E-state index contributed by atoms with van der Waals surface area (Å²) >= 11 is 0. The molecule has 0 radical (unpaired) electrons. The minimum absolute atomic E-state index is 0.935. The van der Waals surface area contributed by atoms with Crippen LogP contribution in [0.1, 0.15) is 45.4 Å². The summed E-state index contributed by atoms with van der Waals surface area (Å²) < 4.78 is 2.09. The maximum absolute atomic E-state index is 4.39. The van der Waals surface area contributed by atoms with Crippen molar-refractivity contribution >= 4 is 5.95 Å². The zero-order valence-corrected chi connectivity index (χ0v) is 12.4. The molecule has 1 heterocycles. The Morgan fingerprint density at radius 2 is 1.75 bits per heavy atom. The smallest absolute Gasteiger partial charge is 0.207 e. The van der Waals surface area contributed by atoms with Crippen molar-refractivity contribution in [3.8, 4) is 5.69 Å². The van der Waals surface area contributed by atoms with Crippen LogP contribution in [0.2, 0.25) is 0 Å². The first-order chi connectivity index (χ1) is 9.92. The molecule has 0 aliphatic heterocycles. The highest BCUT2D eigenvalue weighted by atomic mass is 15.2. The summed E-state index contributed by atoms with van der Waals surface area (Å²) in [5, 5.41) is 3.43. The molecule has 0 spiro atoms. The van der Waals surface area contributed by atoms with Gasteiger partial charge in [0.1, 0.15) is 0 Å². The SMILES string of the molecule is CCCCCCCCNc1nccn1-c1ccccc1. The molecule has 1 aromatic heterocycles. The highest BCUT2D eigenvalue weighted by Crippen LogP contribution is 2.14. The van der Waals surface area contributed by atoms with Gasteiger partial charge >= 0.3 is 0 Å². The van der Waals surface area contributed by atoms with Crippen LogP contribution in [0, 0.1) is 0 Å². The first kappa shape index (κ1) is 14.6. The number of rotatable bonds is 9. The van der Waals surface area contributed by atoms with Gasteiger partial charge in [0.15, 0.2) is 0 Å². The lowest BCUT2D eigenvalue weighted by Crippen LogP contribution is -2.07. The van der Waals surface area contributed by atoms with Gasteiger partial charge in [-0.25, -0.2) is 4.98 Å². The quantitative estimate of drug-likeness (QED) is 0.673. The average Bonchev–Trinajstić information content (AvgIpc) is 2.96. The van der Waals surface area contributed by atoms with E-state index in [1.54, 1.807) is 0 Å². The largest absolute Gasteiger partial charge is 0.355 e. The number of anilines is 1. The zero-order chi connectivity index (χ0) is 14.0. The van der Waals surface area contributed by atoms with E-state index in [1.165, 1.54) is 38.5 Å². The van der Waals surface area contributed by atoms with Gasteiger partial charge in [0.2, 0.25) is 5.95 Å². The summed E-state index contributed by atoms with van der Waals surface area (Å²) in [7, 11) is 0. The van der Waals surface area contributed by atoms with Crippen molar-refractivity contribution in [3.05, 3.63) is 42.7 Å². The predicted molar refractivity (Wildman–Crippen MR) is 85.4 cm³/mol. The zero-order valence-electron chi connectivity index (χ0n) is 12.4. The third-order valence-electron chi connectivity index (χ3n) is 3.49. The summed E-state index contributed by atoms with van der Waals surface area (Å²) in [5.74, 6) is 0.935. The summed E-state index contributed by atoms with van der Waals surface area (Å²) in [4.78, 5) is 4.39. The number of nitrogens with zero attached hydrogens (tertiary/aromatic N) is 2. The number of aromatic nitrogens is 2. The van der Waals surface area contributed by atoms with Crippen LogP contribution in [0.3, 0.4) is 0 Å². The fourth-order valence-electron chi connectivity index (χ4n) is 2.34. The molecule has 0 bridgehead atoms. The van der Waals surface area contributed by atoms with Crippen molar-refractivity contribution in [1.29, 1.82) is 0 Å². The predicted octanol–water partition coefficient (Wildman–Crippen LogP) is 4.64. The molecule has 3 nitrogen and oxygen atoms in total. The molecule has 0 fully saturated rings. The number of para-hydroxylation sites is 1. The highest BCUT2D eigenvalue weighted by Gasteiger charge is 2.03. The Labute approximate surface area is 122 Å². The van der Waals surface area contributed by atoms with E-state index in [2.05, 4.69) is 33.9 Å². The maximum atomic E-state index is 4.39. The van der Waals surface area contributed by atoms with E-state index in [9.17, 15) is 0 Å². The maximum Gasteiger partial charge on any atom is 0.207 e. The molecule has 0 aliphatic rings. The monoisotopic (exact) mass is 271 g/mol. The Kier molecular flexibility index (Phi) is 6.15. The van der Waals surface area contributed by atoms with Crippen LogP contribution in [-0.2, 0) is 0 Å². The van der Waals surface area contributed by atoms with Gasteiger partial charge in [-0.15, -0.1) is 0 Å². The summed E-state index contributed by atoms with van der Waals surface area (Å²) in [5.41, 5.74) is 1.15. The molecular weight excluding hydrogens is 246 g/mol. The third kappa shape index (κ3) is 4.41. The topological polar surface area (TPSA) is 29.9 Å². The van der Waals surface area contributed by atoms with E-state index in [4.69, 9.17) is 0 Å². The van der Waals surface area contributed by atoms with Gasteiger partial charge in [-0.05, 0) is 18.6 Å². The molecule has 0 atom stereocenters. The van der Waals surface area contributed by atoms with E-state index >= 15 is 0 Å². The van der Waals surface area contributed by atoms with Crippen LogP contribution < -0.4 is 5.32 Å². The van der Waals surface area contributed by atoms with Crippen LogP contribution in [0.4, 0.5) is 5.95 Å². The van der Waals surface area contributed by atoms with Gasteiger partial charge in [0.25, 0.3) is 0 Å². The molecule has 2 rings (SSSR count). The second-order valence-corrected chi connectivity index (χ2v) is 5.15. The molecule has 20 heavy (non-hydrogen) atoms. The Morgan fingerprint density at radius 1 is 1.00 bits per heavy atom. The molecular formula is C17H25N3. The molecule has 0 saturated heterocycles. The van der Waals surface area contributed by atoms with Crippen LogP contribution in [0.25, 0.3) is 5.69 Å². The van der Waals surface area contributed by atoms with Crippen molar-refractivity contribution < 1.29 is 0 Å². The summed E-state index contributed by atoms with van der Waals surface area (Å²) in [6.07, 6.45) is 11.8. The lowest BCUT2D eigenvalue weighted by atomic mass is 10.1. The molecule has 2 aromatic rings. The van der Waals surface area contributed by atoms with Gasteiger partial charge in [-0.1, -0.05) is 57.2 Å². The van der Waals surface area contributed by atoms with Crippen molar-refractivity contribution in [2.24, 2.45) is 0 Å². The van der Waals surface area contributed by atoms with Crippen LogP contribution in [-0.4, -0.2) is 16.1 Å². The van der Waals surface area contributed by atoms with E-state index in [-0.39, 0.29) is 0 Å². The van der Waals surface area contributed by atoms with Crippen LogP contribution >= 0.6 is 0 Å². The first-order valence-electron chi connectivity index (χ1n) is 7.74. The van der Waals surface area contributed by atoms with Crippen LogP contribution in [0.5, 0.6) is 0 Å². The lowest BCUT2D eigenvalue weighted by molar-refractivity contribution is 0.616. The molecule has 1 N–H and O–H groups in total. The van der Waals surface area contributed by atoms with Gasteiger partial charge in [-0.2, -0.15) is 0 Å². The average molecular weight is 271 g/mol. The lowest BCUT2D eigenvalue weighted by Gasteiger charge is -2.09. The molecule has 0 saturated carbocycles. The van der Waals surface area contributed by atoms with Crippen molar-refractivity contribution in [2.45, 2.75) is 45.4 Å². The van der Waals surface area contributed by atoms with E-state index in [1.807, 2.05) is 30.6 Å². The molecule has 0 amide bonds. The fourth-order valence-corrected chi connectivity index (χ4v) is 2.34. The van der Waals surface area contributed by atoms with Gasteiger partial charge < -0.3 is 5.32 Å². The van der Waals surface area contributed by atoms with Gasteiger partial charge in [-0.3, -0.25) is 4.57 Å². The Balaban J connectivity index is 1.76. The number of hydrogen-bond donors (Lipinski definition) is 1. The normalized spacial score (nSPS) is 10.7. The Bertz CT molecular complexity index is 476. The van der Waals surface area contributed by atoms with E-state index in [0.29, 0.717) is 0 Å².